The van der Waals surface area contributed by atoms with Crippen LogP contribution in [0.3, 0.4) is 0 Å². The third kappa shape index (κ3) is 3.24. The molecule has 1 aromatic rings. The number of likely N-dealkylation sites (tertiary alicyclic amines) is 1. The lowest BCUT2D eigenvalue weighted by atomic mass is 9.72. The first-order chi connectivity index (χ1) is 11.6. The minimum Gasteiger partial charge on any atom is -0.493 e. The van der Waals surface area contributed by atoms with Crippen molar-refractivity contribution < 1.29 is 14.3 Å². The Kier molecular flexibility index (Phi) is 5.57. The van der Waals surface area contributed by atoms with Crippen LogP contribution in [0.5, 0.6) is 11.5 Å². The Labute approximate surface area is 158 Å². The van der Waals surface area contributed by atoms with Gasteiger partial charge in [0.05, 0.1) is 19.8 Å². The largest absolute Gasteiger partial charge is 0.493 e. The molecule has 3 atom stereocenters. The summed E-state index contributed by atoms with van der Waals surface area (Å²) in [6.07, 6.45) is 6.06. The fourth-order valence-corrected chi connectivity index (χ4v) is 5.01. The zero-order valence-corrected chi connectivity index (χ0v) is 16.8. The van der Waals surface area contributed by atoms with E-state index in [1.54, 1.807) is 14.2 Å². The van der Waals surface area contributed by atoms with E-state index in [-0.39, 0.29) is 5.91 Å². The Bertz CT molecular complexity index is 619. The van der Waals surface area contributed by atoms with Gasteiger partial charge in [0, 0.05) is 16.2 Å². The number of rotatable bonds is 3. The number of carbonyl (C=O) groups excluding carboxylic acids is 1. The third-order valence-corrected chi connectivity index (χ3v) is 6.60. The molecule has 1 saturated carbocycles. The highest BCUT2D eigenvalue weighted by Gasteiger charge is 2.40. The van der Waals surface area contributed by atoms with Crippen LogP contribution in [-0.2, 0) is 0 Å². The molecule has 0 radical (unpaired) electrons. The second-order valence-electron chi connectivity index (χ2n) is 6.97. The first kappa shape index (κ1) is 17.8. The zero-order valence-electron chi connectivity index (χ0n) is 14.7. The summed E-state index contributed by atoms with van der Waals surface area (Å²) in [6.45, 7) is 3.22. The van der Waals surface area contributed by atoms with Crippen molar-refractivity contribution in [2.45, 2.75) is 45.1 Å². The first-order valence-corrected chi connectivity index (χ1v) is 9.87. The average molecular weight is 443 g/mol. The Morgan fingerprint density at radius 3 is 2.50 bits per heavy atom. The summed E-state index contributed by atoms with van der Waals surface area (Å²) in [5, 5.41) is 0. The van der Waals surface area contributed by atoms with Gasteiger partial charge < -0.3 is 14.4 Å². The molecule has 2 fully saturated rings. The van der Waals surface area contributed by atoms with E-state index in [1.807, 2.05) is 12.1 Å². The number of benzene rings is 1. The van der Waals surface area contributed by atoms with Crippen LogP contribution in [0, 0.1) is 15.4 Å². The van der Waals surface area contributed by atoms with Gasteiger partial charge in [-0.1, -0.05) is 19.8 Å². The van der Waals surface area contributed by atoms with Crippen molar-refractivity contribution >= 4 is 28.5 Å². The lowest BCUT2D eigenvalue weighted by Crippen LogP contribution is -2.52. The number of hydrogen-bond acceptors (Lipinski definition) is 3. The third-order valence-electron chi connectivity index (χ3n) is 5.70. The molecule has 3 rings (SSSR count). The van der Waals surface area contributed by atoms with Gasteiger partial charge in [0.25, 0.3) is 5.91 Å². The standard InChI is InChI=1S/C19H26INO3/c1-12-8-9-21(16-7-5-4-6-13(12)16)19(22)14-10-17(23-2)18(24-3)11-15(14)20/h10-13,16H,4-9H2,1-3H3. The monoisotopic (exact) mass is 443 g/mol. The highest BCUT2D eigenvalue weighted by atomic mass is 127. The number of methoxy groups -OCH3 is 2. The van der Waals surface area contributed by atoms with E-state index in [9.17, 15) is 4.79 Å². The van der Waals surface area contributed by atoms with Crippen molar-refractivity contribution in [3.8, 4) is 11.5 Å². The summed E-state index contributed by atoms with van der Waals surface area (Å²) >= 11 is 2.22. The molecule has 1 saturated heterocycles. The van der Waals surface area contributed by atoms with Gasteiger partial charge in [-0.15, -0.1) is 0 Å². The molecule has 0 bridgehead atoms. The molecule has 3 unspecified atom stereocenters. The number of amides is 1. The molecule has 1 heterocycles. The van der Waals surface area contributed by atoms with Crippen molar-refractivity contribution in [1.29, 1.82) is 0 Å². The van der Waals surface area contributed by atoms with Crippen LogP contribution < -0.4 is 9.47 Å². The molecule has 1 aromatic carbocycles. The second-order valence-corrected chi connectivity index (χ2v) is 8.13. The summed E-state index contributed by atoms with van der Waals surface area (Å²) < 4.78 is 11.7. The van der Waals surface area contributed by atoms with Crippen LogP contribution >= 0.6 is 22.6 Å². The van der Waals surface area contributed by atoms with Gasteiger partial charge in [-0.25, -0.2) is 0 Å². The Morgan fingerprint density at radius 1 is 1.12 bits per heavy atom. The first-order valence-electron chi connectivity index (χ1n) is 8.79. The van der Waals surface area contributed by atoms with E-state index < -0.39 is 0 Å². The van der Waals surface area contributed by atoms with Crippen LogP contribution in [0.2, 0.25) is 0 Å². The van der Waals surface area contributed by atoms with E-state index >= 15 is 0 Å². The number of carbonyl (C=O) groups is 1. The molecule has 5 heteroatoms. The Morgan fingerprint density at radius 2 is 1.79 bits per heavy atom. The maximum Gasteiger partial charge on any atom is 0.255 e. The maximum absolute atomic E-state index is 13.3. The van der Waals surface area contributed by atoms with E-state index in [0.29, 0.717) is 23.5 Å². The fourth-order valence-electron chi connectivity index (χ4n) is 4.34. The number of halogens is 1. The van der Waals surface area contributed by atoms with Gasteiger partial charge in [0.1, 0.15) is 0 Å². The quantitative estimate of drug-likeness (QED) is 0.653. The topological polar surface area (TPSA) is 38.8 Å². The van der Waals surface area contributed by atoms with Gasteiger partial charge in [-0.05, 0) is 65.8 Å². The summed E-state index contributed by atoms with van der Waals surface area (Å²) in [5.41, 5.74) is 0.729. The van der Waals surface area contributed by atoms with Crippen molar-refractivity contribution in [3.63, 3.8) is 0 Å². The molecule has 4 nitrogen and oxygen atoms in total. The SMILES string of the molecule is COc1cc(I)c(C(=O)N2CCC(C)C3CCCCC32)cc1OC. The van der Waals surface area contributed by atoms with Crippen LogP contribution in [-0.4, -0.2) is 37.6 Å². The van der Waals surface area contributed by atoms with Crippen molar-refractivity contribution in [1.82, 2.24) is 4.90 Å². The van der Waals surface area contributed by atoms with E-state index in [0.717, 1.165) is 34.4 Å². The number of hydrogen-bond donors (Lipinski definition) is 0. The lowest BCUT2D eigenvalue weighted by Gasteiger charge is -2.47. The molecule has 1 aliphatic carbocycles. The molecule has 1 amide bonds. The van der Waals surface area contributed by atoms with Gasteiger partial charge in [0.2, 0.25) is 0 Å². The highest BCUT2D eigenvalue weighted by Crippen LogP contribution is 2.40. The molecule has 0 aromatic heterocycles. The predicted molar refractivity (Wildman–Crippen MR) is 103 cm³/mol. The highest BCUT2D eigenvalue weighted by molar-refractivity contribution is 14.1. The predicted octanol–water partition coefficient (Wildman–Crippen LogP) is 4.35. The average Bonchev–Trinajstić information content (AvgIpc) is 2.61. The van der Waals surface area contributed by atoms with Gasteiger partial charge in [0.15, 0.2) is 11.5 Å². The van der Waals surface area contributed by atoms with Crippen LogP contribution in [0.25, 0.3) is 0 Å². The Balaban J connectivity index is 1.91. The van der Waals surface area contributed by atoms with Crippen LogP contribution in [0.4, 0.5) is 0 Å². The molecular formula is C19H26INO3. The van der Waals surface area contributed by atoms with Crippen molar-refractivity contribution in [3.05, 3.63) is 21.3 Å². The number of ether oxygens (including phenoxy) is 2. The van der Waals surface area contributed by atoms with Crippen molar-refractivity contribution in [2.24, 2.45) is 11.8 Å². The number of nitrogens with zero attached hydrogens (tertiary/aromatic N) is 1. The minimum atomic E-state index is 0.143. The van der Waals surface area contributed by atoms with Crippen LogP contribution in [0.1, 0.15) is 49.4 Å². The fraction of sp³-hybridized carbons (Fsp3) is 0.632. The maximum atomic E-state index is 13.3. The van der Waals surface area contributed by atoms with Gasteiger partial charge in [-0.3, -0.25) is 4.79 Å². The number of piperidine rings is 1. The van der Waals surface area contributed by atoms with Gasteiger partial charge >= 0.3 is 0 Å². The molecule has 2 aliphatic rings. The smallest absolute Gasteiger partial charge is 0.255 e. The summed E-state index contributed by atoms with van der Waals surface area (Å²) in [5.74, 6) is 2.82. The Hall–Kier alpha value is -0.980. The van der Waals surface area contributed by atoms with E-state index in [2.05, 4.69) is 34.4 Å². The summed E-state index contributed by atoms with van der Waals surface area (Å²) in [6, 6.07) is 4.12. The normalized spacial score (nSPS) is 26.7. The summed E-state index contributed by atoms with van der Waals surface area (Å²) in [7, 11) is 3.23. The van der Waals surface area contributed by atoms with E-state index in [1.165, 1.54) is 19.3 Å². The number of fused-ring (bicyclic) bond motifs is 1. The molecule has 0 N–H and O–H groups in total. The van der Waals surface area contributed by atoms with Crippen LogP contribution in [0.15, 0.2) is 12.1 Å². The zero-order chi connectivity index (χ0) is 17.3. The molecule has 1 aliphatic heterocycles. The molecule has 0 spiro atoms. The lowest BCUT2D eigenvalue weighted by molar-refractivity contribution is 0.0216. The second kappa shape index (κ2) is 7.50. The minimum absolute atomic E-state index is 0.143. The van der Waals surface area contributed by atoms with Gasteiger partial charge in [-0.2, -0.15) is 0 Å². The molecule has 132 valence electrons. The molecular weight excluding hydrogens is 417 g/mol. The van der Waals surface area contributed by atoms with E-state index in [4.69, 9.17) is 9.47 Å². The molecule has 24 heavy (non-hydrogen) atoms. The van der Waals surface area contributed by atoms with Crippen molar-refractivity contribution in [2.75, 3.05) is 20.8 Å². The summed E-state index contributed by atoms with van der Waals surface area (Å²) in [4.78, 5) is 15.4.